The van der Waals surface area contributed by atoms with Gasteiger partial charge in [0.05, 0.1) is 31.0 Å². The Morgan fingerprint density at radius 3 is 3.05 bits per heavy atom. The van der Waals surface area contributed by atoms with Crippen LogP contribution in [0.25, 0.3) is 0 Å². The van der Waals surface area contributed by atoms with Crippen molar-refractivity contribution in [3.63, 3.8) is 0 Å². The van der Waals surface area contributed by atoms with E-state index in [1.165, 1.54) is 6.20 Å². The number of aromatic nitrogens is 2. The van der Waals surface area contributed by atoms with E-state index >= 15 is 0 Å². The number of carbonyl (C=O) groups excluding carboxylic acids is 3. The van der Waals surface area contributed by atoms with Gasteiger partial charge in [-0.2, -0.15) is 5.10 Å². The van der Waals surface area contributed by atoms with Crippen LogP contribution in [0.4, 0.5) is 10.5 Å². The largest absolute Gasteiger partial charge is 0.379 e. The van der Waals surface area contributed by atoms with Gasteiger partial charge >= 0.3 is 6.03 Å². The van der Waals surface area contributed by atoms with Crippen molar-refractivity contribution in [2.24, 2.45) is 0 Å². The van der Waals surface area contributed by atoms with Crippen molar-refractivity contribution in [1.82, 2.24) is 20.4 Å². The summed E-state index contributed by atoms with van der Waals surface area (Å²) in [4.78, 5) is 34.4. The second kappa shape index (κ2) is 5.52. The topological polar surface area (TPSA) is 114 Å². The molecular formula is C12H15N5O4. The van der Waals surface area contributed by atoms with E-state index in [-0.39, 0.29) is 12.5 Å². The maximum absolute atomic E-state index is 12.0. The highest BCUT2D eigenvalue weighted by Gasteiger charge is 2.29. The summed E-state index contributed by atoms with van der Waals surface area (Å²) in [6.07, 6.45) is 4.04. The quantitative estimate of drug-likeness (QED) is 0.687. The van der Waals surface area contributed by atoms with E-state index < -0.39 is 23.9 Å². The van der Waals surface area contributed by atoms with Crippen LogP contribution in [-0.2, 0) is 14.3 Å². The lowest BCUT2D eigenvalue weighted by Crippen LogP contribution is -2.56. The third-order valence-electron chi connectivity index (χ3n) is 3.41. The lowest BCUT2D eigenvalue weighted by Gasteiger charge is -2.21. The lowest BCUT2D eigenvalue weighted by molar-refractivity contribution is -0.126. The van der Waals surface area contributed by atoms with Crippen LogP contribution in [0.15, 0.2) is 12.4 Å². The number of amides is 4. The van der Waals surface area contributed by atoms with E-state index in [9.17, 15) is 14.4 Å². The van der Waals surface area contributed by atoms with Gasteiger partial charge in [0.15, 0.2) is 0 Å². The van der Waals surface area contributed by atoms with E-state index in [1.807, 2.05) is 0 Å². The van der Waals surface area contributed by atoms with Gasteiger partial charge in [0.1, 0.15) is 6.04 Å². The van der Waals surface area contributed by atoms with Gasteiger partial charge in [0, 0.05) is 12.8 Å². The van der Waals surface area contributed by atoms with Crippen LogP contribution in [0.2, 0.25) is 0 Å². The number of anilines is 1. The molecule has 2 aliphatic heterocycles. The highest BCUT2D eigenvalue weighted by molar-refractivity contribution is 6.05. The molecule has 21 heavy (non-hydrogen) atoms. The molecule has 0 aliphatic carbocycles. The third kappa shape index (κ3) is 3.02. The average Bonchev–Trinajstić information content (AvgIpc) is 3.07. The minimum Gasteiger partial charge on any atom is -0.379 e. The highest BCUT2D eigenvalue weighted by atomic mass is 16.5. The fraction of sp³-hybridized carbons (Fsp3) is 0.500. The SMILES string of the molecule is O=C1CC(C(=O)Nc2cnn(C3CCOC3)c2)NC(=O)N1. The molecule has 112 valence electrons. The van der Waals surface area contributed by atoms with Gasteiger partial charge in [-0.3, -0.25) is 19.6 Å². The summed E-state index contributed by atoms with van der Waals surface area (Å²) in [7, 11) is 0. The Hall–Kier alpha value is -2.42. The Balaban J connectivity index is 1.62. The molecule has 2 fully saturated rings. The molecule has 2 saturated heterocycles. The standard InChI is InChI=1S/C12H15N5O4/c18-10-3-9(15-12(20)16-10)11(19)14-7-4-13-17(5-7)8-1-2-21-6-8/h4-5,8-9H,1-3,6H2,(H,14,19)(H2,15,16,18,20). The van der Waals surface area contributed by atoms with Crippen LogP contribution in [-0.4, -0.2) is 46.9 Å². The molecular weight excluding hydrogens is 278 g/mol. The van der Waals surface area contributed by atoms with Gasteiger partial charge in [-0.15, -0.1) is 0 Å². The first-order valence-electron chi connectivity index (χ1n) is 6.65. The normalized spacial score (nSPS) is 25.3. The van der Waals surface area contributed by atoms with E-state index in [2.05, 4.69) is 21.0 Å². The first-order chi connectivity index (χ1) is 10.1. The van der Waals surface area contributed by atoms with Crippen LogP contribution in [0, 0.1) is 0 Å². The molecule has 4 amide bonds. The Labute approximate surface area is 120 Å². The monoisotopic (exact) mass is 293 g/mol. The number of imide groups is 1. The number of ether oxygens (including phenoxy) is 1. The molecule has 3 N–H and O–H groups in total. The summed E-state index contributed by atoms with van der Waals surface area (Å²) < 4.78 is 7.03. The molecule has 2 atom stereocenters. The number of rotatable bonds is 3. The van der Waals surface area contributed by atoms with Gasteiger partial charge in [0.25, 0.3) is 0 Å². The molecule has 0 spiro atoms. The van der Waals surface area contributed by atoms with Crippen molar-refractivity contribution in [3.05, 3.63) is 12.4 Å². The van der Waals surface area contributed by atoms with Crippen LogP contribution in [0.1, 0.15) is 18.9 Å². The molecule has 2 aliphatic rings. The number of hydrogen-bond donors (Lipinski definition) is 3. The summed E-state index contributed by atoms with van der Waals surface area (Å²) in [6.45, 7) is 1.31. The number of hydrogen-bond acceptors (Lipinski definition) is 5. The van der Waals surface area contributed by atoms with Crippen molar-refractivity contribution in [3.8, 4) is 0 Å². The lowest BCUT2D eigenvalue weighted by atomic mass is 10.1. The zero-order chi connectivity index (χ0) is 14.8. The molecule has 1 aromatic heterocycles. The molecule has 2 unspecified atom stereocenters. The zero-order valence-corrected chi connectivity index (χ0v) is 11.2. The summed E-state index contributed by atoms with van der Waals surface area (Å²) in [5.74, 6) is -0.918. The average molecular weight is 293 g/mol. The number of carbonyl (C=O) groups is 3. The Morgan fingerprint density at radius 2 is 2.33 bits per heavy atom. The maximum atomic E-state index is 12.0. The molecule has 9 heteroatoms. The van der Waals surface area contributed by atoms with Gasteiger partial charge in [0.2, 0.25) is 11.8 Å². The van der Waals surface area contributed by atoms with Crippen molar-refractivity contribution < 1.29 is 19.1 Å². The van der Waals surface area contributed by atoms with Crippen molar-refractivity contribution in [2.75, 3.05) is 18.5 Å². The van der Waals surface area contributed by atoms with Gasteiger partial charge in [-0.05, 0) is 6.42 Å². The van der Waals surface area contributed by atoms with Crippen LogP contribution in [0.5, 0.6) is 0 Å². The first kappa shape index (κ1) is 13.6. The van der Waals surface area contributed by atoms with Gasteiger partial charge in [-0.25, -0.2) is 4.79 Å². The molecule has 0 aromatic carbocycles. The summed E-state index contributed by atoms with van der Waals surface area (Å²) in [6, 6.07) is -1.36. The molecule has 3 rings (SSSR count). The summed E-state index contributed by atoms with van der Waals surface area (Å²) >= 11 is 0. The molecule has 9 nitrogen and oxygen atoms in total. The zero-order valence-electron chi connectivity index (χ0n) is 11.2. The van der Waals surface area contributed by atoms with Crippen LogP contribution >= 0.6 is 0 Å². The van der Waals surface area contributed by atoms with E-state index in [0.717, 1.165) is 6.42 Å². The fourth-order valence-corrected chi connectivity index (χ4v) is 2.33. The van der Waals surface area contributed by atoms with E-state index in [0.29, 0.717) is 18.9 Å². The Kier molecular flexibility index (Phi) is 3.57. The van der Waals surface area contributed by atoms with Gasteiger partial charge < -0.3 is 15.4 Å². The van der Waals surface area contributed by atoms with Crippen molar-refractivity contribution in [2.45, 2.75) is 24.9 Å². The van der Waals surface area contributed by atoms with E-state index in [1.54, 1.807) is 10.9 Å². The third-order valence-corrected chi connectivity index (χ3v) is 3.41. The molecule has 0 saturated carbocycles. The number of nitrogens with zero attached hydrogens (tertiary/aromatic N) is 2. The predicted octanol–water partition coefficient (Wildman–Crippen LogP) is -0.619. The number of nitrogens with one attached hydrogen (secondary N) is 3. The first-order valence-corrected chi connectivity index (χ1v) is 6.65. The number of urea groups is 1. The maximum Gasteiger partial charge on any atom is 0.322 e. The second-order valence-electron chi connectivity index (χ2n) is 4.99. The highest BCUT2D eigenvalue weighted by Crippen LogP contribution is 2.19. The van der Waals surface area contributed by atoms with Crippen molar-refractivity contribution >= 4 is 23.5 Å². The predicted molar refractivity (Wildman–Crippen MR) is 70.4 cm³/mol. The molecule has 0 bridgehead atoms. The molecule has 1 aromatic rings. The second-order valence-corrected chi connectivity index (χ2v) is 4.99. The van der Waals surface area contributed by atoms with Crippen LogP contribution < -0.4 is 16.0 Å². The van der Waals surface area contributed by atoms with Gasteiger partial charge in [-0.1, -0.05) is 0 Å². The Bertz CT molecular complexity index is 562. The van der Waals surface area contributed by atoms with Crippen molar-refractivity contribution in [1.29, 1.82) is 0 Å². The minimum atomic E-state index is -0.871. The smallest absolute Gasteiger partial charge is 0.322 e. The molecule has 3 heterocycles. The summed E-state index contributed by atoms with van der Waals surface area (Å²) in [5, 5.41) is 11.3. The van der Waals surface area contributed by atoms with E-state index in [4.69, 9.17) is 4.74 Å². The summed E-state index contributed by atoms with van der Waals surface area (Å²) in [5.41, 5.74) is 0.520. The van der Waals surface area contributed by atoms with Crippen LogP contribution in [0.3, 0.4) is 0 Å². The Morgan fingerprint density at radius 1 is 1.48 bits per heavy atom. The minimum absolute atomic E-state index is 0.0812. The molecule has 0 radical (unpaired) electrons. The fourth-order valence-electron chi connectivity index (χ4n) is 2.33.